The van der Waals surface area contributed by atoms with Crippen molar-refractivity contribution in [2.24, 2.45) is 0 Å². The maximum absolute atomic E-state index is 12.5. The molecule has 6 nitrogen and oxygen atoms in total. The Kier molecular flexibility index (Phi) is 4.26. The molecule has 0 saturated carbocycles. The van der Waals surface area contributed by atoms with Crippen LogP contribution in [0.1, 0.15) is 23.5 Å². The molecule has 0 bridgehead atoms. The summed E-state index contributed by atoms with van der Waals surface area (Å²) in [6.45, 7) is 6.60. The second-order valence-electron chi connectivity index (χ2n) is 4.65. The first-order chi connectivity index (χ1) is 9.04. The van der Waals surface area contributed by atoms with Gasteiger partial charge in [0.2, 0.25) is 0 Å². The first-order valence-corrected chi connectivity index (χ1v) is 7.22. The number of aromatic nitrogens is 1. The van der Waals surface area contributed by atoms with Crippen molar-refractivity contribution >= 4 is 28.2 Å². The van der Waals surface area contributed by atoms with Crippen LogP contribution in [0.4, 0.5) is 10.9 Å². The molecule has 0 radical (unpaired) electrons. The lowest BCUT2D eigenvalue weighted by Gasteiger charge is -2.32. The number of carbonyl (C=O) groups excluding carboxylic acids is 1. The molecule has 1 aliphatic heterocycles. The molecule has 1 unspecified atom stereocenters. The third-order valence-corrected chi connectivity index (χ3v) is 4.44. The van der Waals surface area contributed by atoms with E-state index in [-0.39, 0.29) is 11.9 Å². The van der Waals surface area contributed by atoms with E-state index < -0.39 is 0 Å². The number of morpholine rings is 1. The zero-order chi connectivity index (χ0) is 14.0. The van der Waals surface area contributed by atoms with Crippen molar-refractivity contribution in [3.05, 3.63) is 4.88 Å². The van der Waals surface area contributed by atoms with Crippen molar-refractivity contribution in [2.45, 2.75) is 19.9 Å². The largest absolute Gasteiger partial charge is 0.382 e. The van der Waals surface area contributed by atoms with Gasteiger partial charge in [0.15, 0.2) is 5.13 Å². The van der Waals surface area contributed by atoms with Crippen LogP contribution in [-0.4, -0.2) is 55.2 Å². The van der Waals surface area contributed by atoms with Crippen LogP contribution >= 0.6 is 11.3 Å². The standard InChI is InChI=1S/C12H20N4O2S/c1-4-15(3)12-14-10(13)9(19-12)11(17)16-5-6-18-7-8(16)2/h8H,4-7,13H2,1-3H3. The summed E-state index contributed by atoms with van der Waals surface area (Å²) in [6, 6.07) is 0.0788. The van der Waals surface area contributed by atoms with Gasteiger partial charge < -0.3 is 20.3 Å². The van der Waals surface area contributed by atoms with E-state index in [1.807, 2.05) is 30.7 Å². The Bertz CT molecular complexity index is 463. The Morgan fingerprint density at radius 1 is 1.68 bits per heavy atom. The average molecular weight is 284 g/mol. The summed E-state index contributed by atoms with van der Waals surface area (Å²) in [5, 5.41) is 0.782. The lowest BCUT2D eigenvalue weighted by Crippen LogP contribution is -2.47. The van der Waals surface area contributed by atoms with Crippen LogP contribution < -0.4 is 10.6 Å². The summed E-state index contributed by atoms with van der Waals surface area (Å²) in [6.07, 6.45) is 0. The second-order valence-corrected chi connectivity index (χ2v) is 5.62. The molecule has 7 heteroatoms. The van der Waals surface area contributed by atoms with Gasteiger partial charge in [0.05, 0.1) is 19.3 Å². The van der Waals surface area contributed by atoms with Crippen molar-refractivity contribution in [3.63, 3.8) is 0 Å². The molecule has 1 amide bonds. The molecule has 19 heavy (non-hydrogen) atoms. The zero-order valence-electron chi connectivity index (χ0n) is 11.5. The maximum atomic E-state index is 12.5. The Hall–Kier alpha value is -1.34. The molecular formula is C12H20N4O2S. The van der Waals surface area contributed by atoms with Gasteiger partial charge in [0, 0.05) is 20.1 Å². The molecule has 1 aromatic heterocycles. The van der Waals surface area contributed by atoms with Crippen LogP contribution in [0.15, 0.2) is 0 Å². The van der Waals surface area contributed by atoms with Gasteiger partial charge in [-0.1, -0.05) is 11.3 Å². The summed E-state index contributed by atoms with van der Waals surface area (Å²) in [4.78, 5) is 21.1. The van der Waals surface area contributed by atoms with Crippen LogP contribution in [0.5, 0.6) is 0 Å². The normalized spacial score (nSPS) is 19.5. The summed E-state index contributed by atoms with van der Waals surface area (Å²) in [7, 11) is 1.93. The van der Waals surface area contributed by atoms with Gasteiger partial charge >= 0.3 is 0 Å². The van der Waals surface area contributed by atoms with E-state index in [4.69, 9.17) is 10.5 Å². The number of ether oxygens (including phenoxy) is 1. The molecule has 0 aliphatic carbocycles. The highest BCUT2D eigenvalue weighted by Gasteiger charge is 2.28. The molecule has 1 aromatic rings. The van der Waals surface area contributed by atoms with Crippen LogP contribution in [0.25, 0.3) is 0 Å². The van der Waals surface area contributed by atoms with Crippen molar-refractivity contribution < 1.29 is 9.53 Å². The number of amides is 1. The molecular weight excluding hydrogens is 264 g/mol. The highest BCUT2D eigenvalue weighted by atomic mass is 32.1. The number of anilines is 2. The molecule has 1 fully saturated rings. The summed E-state index contributed by atoms with van der Waals surface area (Å²) >= 11 is 1.35. The first kappa shape index (κ1) is 14.1. The van der Waals surface area contributed by atoms with Gasteiger partial charge in [0.1, 0.15) is 10.7 Å². The molecule has 106 valence electrons. The number of thiazole rings is 1. The quantitative estimate of drug-likeness (QED) is 0.898. The fourth-order valence-corrected chi connectivity index (χ4v) is 2.90. The maximum Gasteiger partial charge on any atom is 0.268 e. The van der Waals surface area contributed by atoms with Crippen LogP contribution in [0, 0.1) is 0 Å². The van der Waals surface area contributed by atoms with Crippen molar-refractivity contribution in [1.29, 1.82) is 0 Å². The Morgan fingerprint density at radius 2 is 2.42 bits per heavy atom. The molecule has 2 rings (SSSR count). The number of nitrogen functional groups attached to an aromatic ring is 1. The third kappa shape index (κ3) is 2.82. The van der Waals surface area contributed by atoms with Gasteiger partial charge in [-0.05, 0) is 13.8 Å². The number of hydrogen-bond acceptors (Lipinski definition) is 6. The third-order valence-electron chi connectivity index (χ3n) is 3.27. The van der Waals surface area contributed by atoms with Gasteiger partial charge in [-0.3, -0.25) is 4.79 Å². The predicted octanol–water partition coefficient (Wildman–Crippen LogP) is 1.04. The van der Waals surface area contributed by atoms with Crippen LogP contribution in [0.2, 0.25) is 0 Å². The molecule has 1 aliphatic rings. The second kappa shape index (κ2) is 5.75. The van der Waals surface area contributed by atoms with Gasteiger partial charge in [-0.2, -0.15) is 0 Å². The smallest absolute Gasteiger partial charge is 0.268 e. The number of nitrogens with zero attached hydrogens (tertiary/aromatic N) is 3. The number of hydrogen-bond donors (Lipinski definition) is 1. The first-order valence-electron chi connectivity index (χ1n) is 6.40. The number of nitrogens with two attached hydrogens (primary N) is 1. The molecule has 1 atom stereocenters. The molecule has 2 heterocycles. The average Bonchev–Trinajstić information content (AvgIpc) is 2.80. The zero-order valence-corrected chi connectivity index (χ0v) is 12.4. The van der Waals surface area contributed by atoms with Gasteiger partial charge in [0.25, 0.3) is 5.91 Å². The SMILES string of the molecule is CCN(C)c1nc(N)c(C(=O)N2CCOCC2C)s1. The van der Waals surface area contributed by atoms with Gasteiger partial charge in [-0.15, -0.1) is 0 Å². The van der Waals surface area contributed by atoms with Crippen LogP contribution in [0.3, 0.4) is 0 Å². The summed E-state index contributed by atoms with van der Waals surface area (Å²) in [5.41, 5.74) is 5.88. The van der Waals surface area contributed by atoms with E-state index >= 15 is 0 Å². The minimum absolute atomic E-state index is 0.0402. The Labute approximate surface area is 117 Å². The van der Waals surface area contributed by atoms with E-state index in [0.717, 1.165) is 11.7 Å². The summed E-state index contributed by atoms with van der Waals surface area (Å²) in [5.74, 6) is 0.283. The Morgan fingerprint density at radius 3 is 3.05 bits per heavy atom. The van der Waals surface area contributed by atoms with E-state index in [2.05, 4.69) is 4.98 Å². The van der Waals surface area contributed by atoms with Crippen molar-refractivity contribution in [2.75, 3.05) is 44.0 Å². The van der Waals surface area contributed by atoms with E-state index in [0.29, 0.717) is 30.5 Å². The predicted molar refractivity (Wildman–Crippen MR) is 76.8 cm³/mol. The van der Waals surface area contributed by atoms with Crippen molar-refractivity contribution in [1.82, 2.24) is 9.88 Å². The van der Waals surface area contributed by atoms with E-state index in [1.54, 1.807) is 0 Å². The molecule has 0 aromatic carbocycles. The fourth-order valence-electron chi connectivity index (χ4n) is 1.93. The molecule has 1 saturated heterocycles. The minimum atomic E-state index is -0.0402. The highest BCUT2D eigenvalue weighted by molar-refractivity contribution is 7.18. The van der Waals surface area contributed by atoms with E-state index in [9.17, 15) is 4.79 Å². The Balaban J connectivity index is 2.21. The minimum Gasteiger partial charge on any atom is -0.382 e. The lowest BCUT2D eigenvalue weighted by atomic mass is 10.2. The highest BCUT2D eigenvalue weighted by Crippen LogP contribution is 2.29. The monoisotopic (exact) mass is 284 g/mol. The molecule has 0 spiro atoms. The fraction of sp³-hybridized carbons (Fsp3) is 0.667. The van der Waals surface area contributed by atoms with E-state index in [1.165, 1.54) is 11.3 Å². The molecule has 2 N–H and O–H groups in total. The number of carbonyl (C=O) groups is 1. The number of rotatable bonds is 3. The van der Waals surface area contributed by atoms with Gasteiger partial charge in [-0.25, -0.2) is 4.98 Å². The lowest BCUT2D eigenvalue weighted by molar-refractivity contribution is 0.00391. The van der Waals surface area contributed by atoms with Crippen LogP contribution in [-0.2, 0) is 4.74 Å². The summed E-state index contributed by atoms with van der Waals surface area (Å²) < 4.78 is 5.34. The van der Waals surface area contributed by atoms with Crippen molar-refractivity contribution in [3.8, 4) is 0 Å². The topological polar surface area (TPSA) is 71.7 Å².